The van der Waals surface area contributed by atoms with Gasteiger partial charge >= 0.3 is 6.09 Å². The molecule has 0 radical (unpaired) electrons. The largest absolute Gasteiger partial charge is 0.444 e. The van der Waals surface area contributed by atoms with Crippen LogP contribution in [0, 0.1) is 5.82 Å². The van der Waals surface area contributed by atoms with Crippen LogP contribution >= 0.6 is 0 Å². The van der Waals surface area contributed by atoms with E-state index in [-0.39, 0.29) is 13.0 Å². The number of alkyl carbamates (subject to hydrolysis) is 1. The molecule has 0 aromatic heterocycles. The van der Waals surface area contributed by atoms with Crippen molar-refractivity contribution in [1.29, 1.82) is 0 Å². The maximum Gasteiger partial charge on any atom is 0.407 e. The summed E-state index contributed by atoms with van der Waals surface area (Å²) in [5.41, 5.74) is -0.365. The lowest BCUT2D eigenvalue weighted by molar-refractivity contribution is 0.0488. The number of halogens is 1. The molecule has 1 aromatic carbocycles. The predicted octanol–water partition coefficient (Wildman–Crippen LogP) is 2.24. The zero-order valence-corrected chi connectivity index (χ0v) is 14.4. The number of carbonyl (C=O) groups is 1. The van der Waals surface area contributed by atoms with Gasteiger partial charge in [-0.1, -0.05) is 18.2 Å². The number of nitrogens with one attached hydrogen (secondary N) is 1. The fraction of sp³-hybridized carbons (Fsp3) is 0.533. The van der Waals surface area contributed by atoms with Crippen LogP contribution in [0.1, 0.15) is 26.3 Å². The molecular weight excluding hydrogens is 325 g/mol. The number of ether oxygens (including phenoxy) is 1. The molecule has 0 spiro atoms. The van der Waals surface area contributed by atoms with Crippen LogP contribution in [0.25, 0.3) is 0 Å². The molecule has 6 nitrogen and oxygen atoms in total. The van der Waals surface area contributed by atoms with E-state index < -0.39 is 33.7 Å². The van der Waals surface area contributed by atoms with E-state index in [0.717, 1.165) is 6.26 Å². The van der Waals surface area contributed by atoms with E-state index in [0.29, 0.717) is 5.56 Å². The highest BCUT2D eigenvalue weighted by Crippen LogP contribution is 2.11. The Labute approximate surface area is 136 Å². The minimum atomic E-state index is -3.68. The topological polar surface area (TPSA) is 81.7 Å². The zero-order valence-electron chi connectivity index (χ0n) is 13.6. The Balaban J connectivity index is 2.80. The molecule has 0 bridgehead atoms. The summed E-state index contributed by atoms with van der Waals surface area (Å²) in [6, 6.07) is 5.29. The minimum Gasteiger partial charge on any atom is -0.444 e. The maximum atomic E-state index is 13.7. The van der Waals surface area contributed by atoms with Gasteiger partial charge in [-0.3, -0.25) is 4.18 Å². The van der Waals surface area contributed by atoms with Crippen LogP contribution in [0.15, 0.2) is 24.3 Å². The summed E-state index contributed by atoms with van der Waals surface area (Å²) in [4.78, 5) is 11.8. The van der Waals surface area contributed by atoms with Crippen molar-refractivity contribution in [1.82, 2.24) is 5.32 Å². The Hall–Kier alpha value is -1.67. The van der Waals surface area contributed by atoms with Crippen LogP contribution in [-0.4, -0.2) is 39.0 Å². The number of hydrogen-bond donors (Lipinski definition) is 1. The highest BCUT2D eigenvalue weighted by Gasteiger charge is 2.22. The molecule has 1 atom stereocenters. The summed E-state index contributed by atoms with van der Waals surface area (Å²) < 4.78 is 45.8. The quantitative estimate of drug-likeness (QED) is 0.798. The molecule has 23 heavy (non-hydrogen) atoms. The number of amides is 1. The second-order valence-corrected chi connectivity index (χ2v) is 7.77. The van der Waals surface area contributed by atoms with Crippen molar-refractivity contribution in [2.75, 3.05) is 12.9 Å². The number of benzene rings is 1. The van der Waals surface area contributed by atoms with E-state index in [1.54, 1.807) is 39.0 Å². The Morgan fingerprint density at radius 1 is 1.30 bits per heavy atom. The van der Waals surface area contributed by atoms with Crippen LogP contribution in [0.2, 0.25) is 0 Å². The molecule has 0 saturated carbocycles. The molecule has 0 saturated heterocycles. The van der Waals surface area contributed by atoms with Crippen molar-refractivity contribution < 1.29 is 26.5 Å². The summed E-state index contributed by atoms with van der Waals surface area (Å²) in [7, 11) is -3.68. The molecule has 0 fully saturated rings. The van der Waals surface area contributed by atoms with Gasteiger partial charge < -0.3 is 10.1 Å². The molecule has 1 aromatic rings. The van der Waals surface area contributed by atoms with E-state index in [4.69, 9.17) is 8.92 Å². The highest BCUT2D eigenvalue weighted by molar-refractivity contribution is 7.85. The lowest BCUT2D eigenvalue weighted by atomic mass is 10.1. The van der Waals surface area contributed by atoms with E-state index >= 15 is 0 Å². The molecule has 8 heteroatoms. The smallest absolute Gasteiger partial charge is 0.407 e. The second kappa shape index (κ2) is 7.74. The predicted molar refractivity (Wildman–Crippen MR) is 84.1 cm³/mol. The summed E-state index contributed by atoms with van der Waals surface area (Å²) in [5.74, 6) is -0.442. The van der Waals surface area contributed by atoms with Crippen LogP contribution in [-0.2, 0) is 25.5 Å². The van der Waals surface area contributed by atoms with Crippen molar-refractivity contribution in [2.45, 2.75) is 38.8 Å². The van der Waals surface area contributed by atoms with Gasteiger partial charge in [0, 0.05) is 0 Å². The molecule has 0 aliphatic heterocycles. The number of rotatable bonds is 6. The lowest BCUT2D eigenvalue weighted by Crippen LogP contribution is -2.43. The molecule has 0 aliphatic carbocycles. The van der Waals surface area contributed by atoms with E-state index in [1.165, 1.54) is 6.07 Å². The van der Waals surface area contributed by atoms with Crippen LogP contribution in [0.4, 0.5) is 9.18 Å². The average molecular weight is 347 g/mol. The molecular formula is C15H22FNO5S. The first-order valence-electron chi connectivity index (χ1n) is 7.03. The summed E-state index contributed by atoms with van der Waals surface area (Å²) in [6.45, 7) is 4.79. The number of carbonyl (C=O) groups excluding carboxylic acids is 1. The first kappa shape index (κ1) is 19.4. The minimum absolute atomic E-state index is 0.0709. The summed E-state index contributed by atoms with van der Waals surface area (Å²) in [5, 5.41) is 2.50. The molecule has 1 N–H and O–H groups in total. The van der Waals surface area contributed by atoms with Crippen molar-refractivity contribution in [3.63, 3.8) is 0 Å². The monoisotopic (exact) mass is 347 g/mol. The Bertz CT molecular complexity index is 640. The second-order valence-electron chi connectivity index (χ2n) is 6.13. The van der Waals surface area contributed by atoms with Crippen molar-refractivity contribution >= 4 is 16.2 Å². The van der Waals surface area contributed by atoms with Crippen molar-refractivity contribution in [3.8, 4) is 0 Å². The van der Waals surface area contributed by atoms with Gasteiger partial charge in [0.15, 0.2) is 0 Å². The Morgan fingerprint density at radius 2 is 1.91 bits per heavy atom. The van der Waals surface area contributed by atoms with Crippen molar-refractivity contribution in [3.05, 3.63) is 35.6 Å². The van der Waals surface area contributed by atoms with Gasteiger partial charge in [0.05, 0.1) is 18.9 Å². The highest BCUT2D eigenvalue weighted by atomic mass is 32.2. The van der Waals surface area contributed by atoms with Gasteiger partial charge in [-0.05, 0) is 38.8 Å². The molecule has 1 unspecified atom stereocenters. The lowest BCUT2D eigenvalue weighted by Gasteiger charge is -2.23. The van der Waals surface area contributed by atoms with Crippen LogP contribution < -0.4 is 5.32 Å². The molecule has 1 rings (SSSR count). The van der Waals surface area contributed by atoms with E-state index in [9.17, 15) is 17.6 Å². The first-order valence-corrected chi connectivity index (χ1v) is 8.85. The van der Waals surface area contributed by atoms with Crippen LogP contribution in [0.5, 0.6) is 0 Å². The third-order valence-corrected chi connectivity index (χ3v) is 3.19. The third kappa shape index (κ3) is 8.51. The van der Waals surface area contributed by atoms with Gasteiger partial charge in [0.25, 0.3) is 10.1 Å². The zero-order chi connectivity index (χ0) is 17.7. The molecule has 0 heterocycles. The van der Waals surface area contributed by atoms with Crippen molar-refractivity contribution in [2.24, 2.45) is 0 Å². The molecule has 130 valence electrons. The standard InChI is InChI=1S/C15H22FNO5S/c1-15(2,3)22-14(18)17-12(10-21-23(4,19)20)9-11-7-5-6-8-13(11)16/h5-8,12H,9-10H2,1-4H3,(H,17,18). The molecule has 1 amide bonds. The van der Waals surface area contributed by atoms with Gasteiger partial charge in [-0.25, -0.2) is 9.18 Å². The van der Waals surface area contributed by atoms with E-state index in [2.05, 4.69) is 5.32 Å². The maximum absolute atomic E-state index is 13.7. The number of hydrogen-bond acceptors (Lipinski definition) is 5. The summed E-state index contributed by atoms with van der Waals surface area (Å²) >= 11 is 0. The van der Waals surface area contributed by atoms with Crippen LogP contribution in [0.3, 0.4) is 0 Å². The van der Waals surface area contributed by atoms with Gasteiger partial charge in [0.2, 0.25) is 0 Å². The fourth-order valence-electron chi connectivity index (χ4n) is 1.76. The normalized spacial score (nSPS) is 13.4. The fourth-order valence-corrected chi connectivity index (χ4v) is 2.17. The Morgan fingerprint density at radius 3 is 2.43 bits per heavy atom. The van der Waals surface area contributed by atoms with Gasteiger partial charge in [0.1, 0.15) is 11.4 Å². The third-order valence-electron chi connectivity index (χ3n) is 2.63. The van der Waals surface area contributed by atoms with Gasteiger partial charge in [-0.2, -0.15) is 8.42 Å². The van der Waals surface area contributed by atoms with Gasteiger partial charge in [-0.15, -0.1) is 0 Å². The average Bonchev–Trinajstić information content (AvgIpc) is 2.35. The summed E-state index contributed by atoms with van der Waals surface area (Å²) in [6.07, 6.45) is 0.248. The van der Waals surface area contributed by atoms with E-state index in [1.807, 2.05) is 0 Å². The Kier molecular flexibility index (Phi) is 6.52. The SMILES string of the molecule is CC(C)(C)OC(=O)NC(COS(C)(=O)=O)Cc1ccccc1F. The first-order chi connectivity index (χ1) is 10.5. The molecule has 0 aliphatic rings.